The monoisotopic (exact) mass is 490 g/mol. The van der Waals surface area contributed by atoms with Gasteiger partial charge in [-0.15, -0.1) is 0 Å². The number of aliphatic hydroxyl groups is 1. The Morgan fingerprint density at radius 3 is 2.09 bits per heavy atom. The quantitative estimate of drug-likeness (QED) is 0.599. The van der Waals surface area contributed by atoms with E-state index in [1.165, 1.54) is 0 Å². The van der Waals surface area contributed by atoms with Crippen molar-refractivity contribution in [2.24, 2.45) is 0 Å². The summed E-state index contributed by atoms with van der Waals surface area (Å²) in [5.74, 6) is -1.80. The average molecular weight is 491 g/mol. The zero-order valence-electron chi connectivity index (χ0n) is 18.9. The van der Waals surface area contributed by atoms with Crippen LogP contribution in [0.1, 0.15) is 48.2 Å². The van der Waals surface area contributed by atoms with Crippen LogP contribution in [0.15, 0.2) is 48.5 Å². The van der Waals surface area contributed by atoms with Crippen LogP contribution in [-0.4, -0.2) is 68.6 Å². The van der Waals surface area contributed by atoms with E-state index in [1.807, 2.05) is 36.4 Å². The van der Waals surface area contributed by atoms with Crippen LogP contribution < -0.4 is 0 Å². The van der Waals surface area contributed by atoms with Crippen molar-refractivity contribution in [3.05, 3.63) is 70.2 Å². The van der Waals surface area contributed by atoms with E-state index in [4.69, 9.17) is 36.5 Å². The molecule has 0 aliphatic carbocycles. The van der Waals surface area contributed by atoms with Gasteiger partial charge in [0.25, 0.3) is 17.8 Å². The van der Waals surface area contributed by atoms with Crippen LogP contribution in [0.5, 0.6) is 0 Å². The predicted octanol–water partition coefficient (Wildman–Crippen LogP) is 2.79. The predicted molar refractivity (Wildman–Crippen MR) is 124 cm³/mol. The van der Waals surface area contributed by atoms with Crippen molar-refractivity contribution >= 4 is 35.4 Å². The van der Waals surface area contributed by atoms with Crippen molar-refractivity contribution in [1.82, 2.24) is 9.80 Å². The largest absolute Gasteiger partial charge is 0.481 e. The van der Waals surface area contributed by atoms with Gasteiger partial charge >= 0.3 is 0 Å². The van der Waals surface area contributed by atoms with Crippen LogP contribution in [0.4, 0.5) is 0 Å². The van der Waals surface area contributed by atoms with Gasteiger partial charge in [0.15, 0.2) is 5.66 Å². The standard InChI is InChI=1S/C20H19ClN2O3.2C2H4O2/c21-15-9-7-14(8-10-15)20-17-5-2-1-4-16(17)19(26)23(20)12-11-22(20)18(25)6-3-13-24;2*1-2(3)4/h1-2,4-5,7-10,24H,3,6,11-13H2;2*1H3,(H,3,4)/t20-;;/m1../s1. The Hall–Kier alpha value is -3.43. The minimum Gasteiger partial charge on any atom is -0.481 e. The van der Waals surface area contributed by atoms with E-state index < -0.39 is 17.6 Å². The summed E-state index contributed by atoms with van der Waals surface area (Å²) in [5.41, 5.74) is 1.35. The topological polar surface area (TPSA) is 135 Å². The zero-order chi connectivity index (χ0) is 25.5. The number of nitrogens with zero attached hydrogens (tertiary/aromatic N) is 2. The van der Waals surface area contributed by atoms with Crippen LogP contribution in [0.2, 0.25) is 5.02 Å². The summed E-state index contributed by atoms with van der Waals surface area (Å²) in [4.78, 5) is 47.5. The third kappa shape index (κ3) is 5.55. The number of aliphatic carboxylic acids is 2. The summed E-state index contributed by atoms with van der Waals surface area (Å²) in [6, 6.07) is 14.8. The Morgan fingerprint density at radius 2 is 1.53 bits per heavy atom. The molecule has 10 heteroatoms. The summed E-state index contributed by atoms with van der Waals surface area (Å²) in [6.07, 6.45) is 0.650. The summed E-state index contributed by atoms with van der Waals surface area (Å²) in [5, 5.41) is 24.5. The summed E-state index contributed by atoms with van der Waals surface area (Å²) in [6.45, 7) is 3.07. The van der Waals surface area contributed by atoms with Crippen LogP contribution in [0, 0.1) is 0 Å². The second kappa shape index (κ2) is 11.6. The Morgan fingerprint density at radius 1 is 0.971 bits per heavy atom. The number of carbonyl (C=O) groups is 4. The van der Waals surface area contributed by atoms with Gasteiger partial charge < -0.3 is 25.1 Å². The summed E-state index contributed by atoms with van der Waals surface area (Å²) < 4.78 is 0. The van der Waals surface area contributed by atoms with E-state index in [1.54, 1.807) is 21.9 Å². The Kier molecular flexibility index (Phi) is 9.17. The summed E-state index contributed by atoms with van der Waals surface area (Å²) in [7, 11) is 0. The molecule has 0 bridgehead atoms. The van der Waals surface area contributed by atoms with Gasteiger partial charge in [-0.1, -0.05) is 41.9 Å². The highest BCUT2D eigenvalue weighted by molar-refractivity contribution is 6.30. The molecule has 2 amide bonds. The first-order chi connectivity index (χ1) is 16.1. The maximum absolute atomic E-state index is 13.0. The molecule has 2 aromatic rings. The molecule has 2 aromatic carbocycles. The zero-order valence-corrected chi connectivity index (χ0v) is 19.7. The SMILES string of the molecule is CC(=O)O.CC(=O)O.O=C(CCCO)N1CCN2C(=O)c3ccccc3[C@]12c1ccc(Cl)cc1. The van der Waals surface area contributed by atoms with Gasteiger partial charge in [0.05, 0.1) is 0 Å². The van der Waals surface area contributed by atoms with Crippen LogP contribution in [0.3, 0.4) is 0 Å². The molecule has 1 saturated heterocycles. The van der Waals surface area contributed by atoms with Crippen LogP contribution in [0.25, 0.3) is 0 Å². The smallest absolute Gasteiger partial charge is 0.300 e. The molecule has 4 rings (SSSR count). The molecule has 1 fully saturated rings. The van der Waals surface area contributed by atoms with Gasteiger partial charge in [-0.05, 0) is 24.6 Å². The van der Waals surface area contributed by atoms with Crippen molar-refractivity contribution in [1.29, 1.82) is 0 Å². The first-order valence-corrected chi connectivity index (χ1v) is 10.9. The fraction of sp³-hybridized carbons (Fsp3) is 0.333. The molecule has 0 radical (unpaired) electrons. The van der Waals surface area contributed by atoms with Gasteiger partial charge in [0.1, 0.15) is 0 Å². The van der Waals surface area contributed by atoms with Crippen molar-refractivity contribution < 1.29 is 34.5 Å². The number of hydrogen-bond donors (Lipinski definition) is 3. The Balaban J connectivity index is 0.000000446. The van der Waals surface area contributed by atoms with Gasteiger partial charge in [-0.25, -0.2) is 0 Å². The number of carboxylic acid groups (broad SMARTS) is 2. The third-order valence-corrected chi connectivity index (χ3v) is 5.46. The highest BCUT2D eigenvalue weighted by Gasteiger charge is 2.59. The molecule has 182 valence electrons. The molecular formula is C24H27ClN2O7. The number of halogens is 1. The van der Waals surface area contributed by atoms with E-state index >= 15 is 0 Å². The van der Waals surface area contributed by atoms with E-state index in [0.717, 1.165) is 25.0 Å². The molecule has 2 heterocycles. The van der Waals surface area contributed by atoms with Crippen molar-refractivity contribution in [2.75, 3.05) is 19.7 Å². The highest BCUT2D eigenvalue weighted by Crippen LogP contribution is 2.49. The lowest BCUT2D eigenvalue weighted by molar-refractivity contribution is -0.137. The van der Waals surface area contributed by atoms with E-state index in [9.17, 15) is 9.59 Å². The molecule has 2 aliphatic heterocycles. The molecule has 3 N–H and O–H groups in total. The third-order valence-electron chi connectivity index (χ3n) is 5.20. The molecule has 2 aliphatic rings. The van der Waals surface area contributed by atoms with Crippen molar-refractivity contribution in [3.63, 3.8) is 0 Å². The lowest BCUT2D eigenvalue weighted by Crippen LogP contribution is -2.51. The van der Waals surface area contributed by atoms with E-state index in [0.29, 0.717) is 30.1 Å². The lowest BCUT2D eigenvalue weighted by atomic mass is 9.89. The summed E-state index contributed by atoms with van der Waals surface area (Å²) >= 11 is 6.07. The van der Waals surface area contributed by atoms with Crippen molar-refractivity contribution in [3.8, 4) is 0 Å². The van der Waals surface area contributed by atoms with E-state index in [-0.39, 0.29) is 24.8 Å². The lowest BCUT2D eigenvalue weighted by Gasteiger charge is -2.40. The maximum atomic E-state index is 13.0. The Bertz CT molecular complexity index is 1040. The number of fused-ring (bicyclic) bond motifs is 3. The molecule has 9 nitrogen and oxygen atoms in total. The van der Waals surface area contributed by atoms with Gasteiger partial charge in [-0.2, -0.15) is 0 Å². The number of carboxylic acids is 2. The van der Waals surface area contributed by atoms with Gasteiger partial charge in [-0.3, -0.25) is 19.2 Å². The van der Waals surface area contributed by atoms with Crippen LogP contribution >= 0.6 is 11.6 Å². The van der Waals surface area contributed by atoms with E-state index in [2.05, 4.69) is 0 Å². The Labute approximate surface area is 202 Å². The minimum absolute atomic E-state index is 0.0350. The van der Waals surface area contributed by atoms with Crippen LogP contribution in [-0.2, 0) is 20.0 Å². The minimum atomic E-state index is -0.940. The van der Waals surface area contributed by atoms with Crippen molar-refractivity contribution in [2.45, 2.75) is 32.4 Å². The van der Waals surface area contributed by atoms with Gasteiger partial charge in [0, 0.05) is 61.7 Å². The molecule has 1 atom stereocenters. The fourth-order valence-corrected chi connectivity index (χ4v) is 4.27. The molecular weight excluding hydrogens is 464 g/mol. The normalized spacial score (nSPS) is 17.6. The molecule has 0 unspecified atom stereocenters. The first kappa shape index (κ1) is 26.8. The second-order valence-electron chi connectivity index (χ2n) is 7.59. The molecule has 34 heavy (non-hydrogen) atoms. The molecule has 0 saturated carbocycles. The molecule has 0 spiro atoms. The average Bonchev–Trinajstić information content (AvgIpc) is 3.28. The highest BCUT2D eigenvalue weighted by atomic mass is 35.5. The molecule has 0 aromatic heterocycles. The number of aliphatic hydroxyl groups excluding tert-OH is 1. The number of rotatable bonds is 4. The maximum Gasteiger partial charge on any atom is 0.300 e. The van der Waals surface area contributed by atoms with Gasteiger partial charge in [0.2, 0.25) is 5.91 Å². The second-order valence-corrected chi connectivity index (χ2v) is 8.03. The number of hydrogen-bond acceptors (Lipinski definition) is 5. The number of carbonyl (C=O) groups excluding carboxylic acids is 2. The number of benzene rings is 2. The fourth-order valence-electron chi connectivity index (χ4n) is 4.15. The number of amides is 2. The first-order valence-electron chi connectivity index (χ1n) is 10.5.